The molecule has 3 rings (SSSR count). The molecule has 0 atom stereocenters. The molecule has 0 saturated carbocycles. The van der Waals surface area contributed by atoms with E-state index in [0.29, 0.717) is 33.7 Å². The first-order chi connectivity index (χ1) is 12.5. The number of halogens is 1. The zero-order chi connectivity index (χ0) is 18.7. The summed E-state index contributed by atoms with van der Waals surface area (Å²) in [5.74, 6) is 0.0596. The fourth-order valence-electron chi connectivity index (χ4n) is 2.71. The Bertz CT molecular complexity index is 993. The number of nitrogens with one attached hydrogen (secondary N) is 2. The molecule has 0 radical (unpaired) electrons. The number of methoxy groups -OCH3 is 2. The van der Waals surface area contributed by atoms with E-state index in [-0.39, 0.29) is 12.4 Å². The van der Waals surface area contributed by atoms with Gasteiger partial charge in [0.2, 0.25) is 0 Å². The van der Waals surface area contributed by atoms with Crippen LogP contribution in [0.3, 0.4) is 0 Å². The summed E-state index contributed by atoms with van der Waals surface area (Å²) < 4.78 is 10.7. The van der Waals surface area contributed by atoms with Gasteiger partial charge >= 0.3 is 0 Å². The van der Waals surface area contributed by atoms with Gasteiger partial charge in [0.1, 0.15) is 11.5 Å². The summed E-state index contributed by atoms with van der Waals surface area (Å²) in [4.78, 5) is 17.3. The third-order valence-electron chi connectivity index (χ3n) is 3.86. The van der Waals surface area contributed by atoms with Gasteiger partial charge in [-0.05, 0) is 6.07 Å². The first-order valence-corrected chi connectivity index (χ1v) is 7.81. The highest BCUT2D eigenvalue weighted by Crippen LogP contribution is 2.35. The quantitative estimate of drug-likeness (QED) is 0.471. The summed E-state index contributed by atoms with van der Waals surface area (Å²) in [5, 5.41) is 10.2. The second-order valence-corrected chi connectivity index (χ2v) is 5.51. The van der Waals surface area contributed by atoms with Gasteiger partial charge in [0.15, 0.2) is 5.96 Å². The molecule has 1 amide bonds. The third kappa shape index (κ3) is 4.09. The highest BCUT2D eigenvalue weighted by atomic mass is 35.5. The van der Waals surface area contributed by atoms with E-state index in [1.165, 1.54) is 7.11 Å². The zero-order valence-corrected chi connectivity index (χ0v) is 15.6. The van der Waals surface area contributed by atoms with Crippen molar-refractivity contribution in [2.24, 2.45) is 5.73 Å². The lowest BCUT2D eigenvalue weighted by molar-refractivity contribution is 0.0978. The molecule has 27 heavy (non-hydrogen) atoms. The van der Waals surface area contributed by atoms with Gasteiger partial charge in [0.05, 0.1) is 36.4 Å². The molecule has 1 heterocycles. The van der Waals surface area contributed by atoms with E-state index < -0.39 is 11.9 Å². The maximum atomic E-state index is 12.6. The lowest BCUT2D eigenvalue weighted by Crippen LogP contribution is -2.35. The van der Waals surface area contributed by atoms with Crippen LogP contribution in [0, 0.1) is 5.41 Å². The van der Waals surface area contributed by atoms with E-state index in [0.717, 1.165) is 5.56 Å². The van der Waals surface area contributed by atoms with Gasteiger partial charge in [-0.15, -0.1) is 12.4 Å². The molecular formula is C19H19ClN4O3. The van der Waals surface area contributed by atoms with Crippen molar-refractivity contribution < 1.29 is 14.3 Å². The van der Waals surface area contributed by atoms with Crippen molar-refractivity contribution in [1.29, 1.82) is 5.41 Å². The van der Waals surface area contributed by atoms with E-state index in [2.05, 4.69) is 10.3 Å². The number of rotatable bonds is 4. The normalized spacial score (nSPS) is 10.0. The summed E-state index contributed by atoms with van der Waals surface area (Å²) >= 11 is 0. The lowest BCUT2D eigenvalue weighted by Gasteiger charge is -2.14. The molecule has 8 heteroatoms. The number of pyridine rings is 1. The van der Waals surface area contributed by atoms with Gasteiger partial charge in [0.25, 0.3) is 5.91 Å². The summed E-state index contributed by atoms with van der Waals surface area (Å²) in [6.45, 7) is 0. The van der Waals surface area contributed by atoms with Crippen LogP contribution in [0.5, 0.6) is 11.5 Å². The van der Waals surface area contributed by atoms with Crippen molar-refractivity contribution >= 4 is 35.2 Å². The Hall–Kier alpha value is -3.32. The van der Waals surface area contributed by atoms with Crippen LogP contribution < -0.4 is 20.5 Å². The number of amides is 1. The van der Waals surface area contributed by atoms with Crippen molar-refractivity contribution in [2.75, 3.05) is 14.2 Å². The number of benzene rings is 2. The van der Waals surface area contributed by atoms with Crippen molar-refractivity contribution in [3.8, 4) is 22.8 Å². The second-order valence-electron chi connectivity index (χ2n) is 5.51. The highest BCUT2D eigenvalue weighted by Gasteiger charge is 2.19. The summed E-state index contributed by atoms with van der Waals surface area (Å²) in [5.41, 5.74) is 7.64. The number of aromatic nitrogens is 1. The van der Waals surface area contributed by atoms with Crippen LogP contribution in [0.4, 0.5) is 0 Å². The highest BCUT2D eigenvalue weighted by molar-refractivity contribution is 6.14. The van der Waals surface area contributed by atoms with Crippen LogP contribution in [0.2, 0.25) is 0 Å². The van der Waals surface area contributed by atoms with Crippen molar-refractivity contribution in [3.05, 3.63) is 54.1 Å². The summed E-state index contributed by atoms with van der Waals surface area (Å²) in [6.07, 6.45) is 0. The Morgan fingerprint density at radius 1 is 1.11 bits per heavy atom. The van der Waals surface area contributed by atoms with E-state index in [9.17, 15) is 4.79 Å². The number of fused-ring (bicyclic) bond motifs is 1. The van der Waals surface area contributed by atoms with Crippen LogP contribution in [0.1, 0.15) is 10.4 Å². The molecule has 0 bridgehead atoms. The number of guanidine groups is 1. The van der Waals surface area contributed by atoms with Crippen LogP contribution in [0.25, 0.3) is 22.2 Å². The minimum atomic E-state index is -0.509. The number of carbonyl (C=O) groups excluding carboxylic acids is 1. The Kier molecular flexibility index (Phi) is 6.20. The van der Waals surface area contributed by atoms with E-state index >= 15 is 0 Å². The van der Waals surface area contributed by atoms with Gasteiger partial charge in [0, 0.05) is 17.7 Å². The van der Waals surface area contributed by atoms with E-state index in [1.54, 1.807) is 25.3 Å². The minimum Gasteiger partial charge on any atom is -0.497 e. The molecule has 140 valence electrons. The number of nitrogens with two attached hydrogens (primary N) is 1. The number of carbonyl (C=O) groups is 1. The van der Waals surface area contributed by atoms with Crippen LogP contribution in [-0.2, 0) is 0 Å². The molecule has 0 aliphatic rings. The largest absolute Gasteiger partial charge is 0.497 e. The first kappa shape index (κ1) is 20.0. The van der Waals surface area contributed by atoms with Crippen molar-refractivity contribution in [2.45, 2.75) is 0 Å². The van der Waals surface area contributed by atoms with Gasteiger partial charge in [-0.3, -0.25) is 15.5 Å². The lowest BCUT2D eigenvalue weighted by atomic mass is 10.0. The van der Waals surface area contributed by atoms with Gasteiger partial charge in [-0.2, -0.15) is 0 Å². The second kappa shape index (κ2) is 8.37. The van der Waals surface area contributed by atoms with Crippen molar-refractivity contribution in [1.82, 2.24) is 10.3 Å². The van der Waals surface area contributed by atoms with E-state index in [4.69, 9.17) is 20.6 Å². The molecular weight excluding hydrogens is 368 g/mol. The first-order valence-electron chi connectivity index (χ1n) is 7.81. The standard InChI is InChI=1S/C19H18N4O3.ClH/c1-25-12-8-15-17(16(9-12)26-2)13(18(24)23-19(20)21)10-14(22-15)11-6-4-3-5-7-11;/h3-10H,1-2H3,(H4,20,21,23,24);1H. The molecule has 7 nitrogen and oxygen atoms in total. The Labute approximate surface area is 162 Å². The van der Waals surface area contributed by atoms with Crippen molar-refractivity contribution in [3.63, 3.8) is 0 Å². The molecule has 4 N–H and O–H groups in total. The molecule has 0 saturated heterocycles. The summed E-state index contributed by atoms with van der Waals surface area (Å²) in [6, 6.07) is 14.6. The Morgan fingerprint density at radius 3 is 2.41 bits per heavy atom. The molecule has 3 aromatic rings. The van der Waals surface area contributed by atoms with E-state index in [1.807, 2.05) is 30.3 Å². The summed E-state index contributed by atoms with van der Waals surface area (Å²) in [7, 11) is 3.05. The predicted octanol–water partition coefficient (Wildman–Crippen LogP) is 2.96. The smallest absolute Gasteiger partial charge is 0.258 e. The molecule has 0 unspecified atom stereocenters. The fourth-order valence-corrected chi connectivity index (χ4v) is 2.71. The minimum absolute atomic E-state index is 0. The molecule has 0 fully saturated rings. The molecule has 1 aromatic heterocycles. The number of hydrogen-bond donors (Lipinski definition) is 3. The maximum absolute atomic E-state index is 12.6. The molecule has 0 spiro atoms. The fraction of sp³-hybridized carbons (Fsp3) is 0.105. The monoisotopic (exact) mass is 386 g/mol. The maximum Gasteiger partial charge on any atom is 0.258 e. The molecule has 0 aliphatic carbocycles. The molecule has 2 aromatic carbocycles. The third-order valence-corrected chi connectivity index (χ3v) is 3.86. The van der Waals surface area contributed by atoms with Gasteiger partial charge in [-0.25, -0.2) is 4.98 Å². The number of ether oxygens (including phenoxy) is 2. The van der Waals surface area contributed by atoms with Gasteiger partial charge in [-0.1, -0.05) is 30.3 Å². The van der Waals surface area contributed by atoms with Crippen LogP contribution in [-0.4, -0.2) is 31.1 Å². The Balaban J connectivity index is 0.00000261. The zero-order valence-electron chi connectivity index (χ0n) is 14.8. The molecule has 0 aliphatic heterocycles. The average Bonchev–Trinajstić information content (AvgIpc) is 2.66. The Morgan fingerprint density at radius 2 is 1.81 bits per heavy atom. The number of nitrogens with zero attached hydrogens (tertiary/aromatic N) is 1. The van der Waals surface area contributed by atoms with Crippen LogP contribution >= 0.6 is 12.4 Å². The predicted molar refractivity (Wildman–Crippen MR) is 107 cm³/mol. The van der Waals surface area contributed by atoms with Gasteiger partial charge < -0.3 is 15.2 Å². The van der Waals surface area contributed by atoms with Crippen LogP contribution in [0.15, 0.2) is 48.5 Å². The average molecular weight is 387 g/mol. The number of hydrogen-bond acceptors (Lipinski definition) is 5. The SMILES string of the molecule is COc1cc(OC)c2c(C(=O)NC(=N)N)cc(-c3ccccc3)nc2c1.Cl. The topological polar surface area (TPSA) is 110 Å².